The molecular formula is C29H32N6O4S. The molecule has 11 heteroatoms. The van der Waals surface area contributed by atoms with Gasteiger partial charge in [-0.1, -0.05) is 49.2 Å². The van der Waals surface area contributed by atoms with E-state index in [1.165, 1.54) is 0 Å². The molecule has 4 heterocycles. The van der Waals surface area contributed by atoms with Gasteiger partial charge in [0, 0.05) is 60.9 Å². The number of fused-ring (bicyclic) bond motifs is 3. The van der Waals surface area contributed by atoms with Crippen LogP contribution in [-0.2, 0) is 10.2 Å². The molecule has 2 aromatic carbocycles. The highest BCUT2D eigenvalue weighted by Gasteiger charge is 2.20. The Morgan fingerprint density at radius 3 is 2.75 bits per heavy atom. The minimum atomic E-state index is -3.51. The van der Waals surface area contributed by atoms with Crippen LogP contribution < -0.4 is 15.4 Å². The maximum absolute atomic E-state index is 12.7. The highest BCUT2D eigenvalue weighted by molar-refractivity contribution is 7.23. The number of morpholine rings is 1. The molecule has 0 unspecified atom stereocenters. The summed E-state index contributed by atoms with van der Waals surface area (Å²) < 4.78 is 89.6. The van der Waals surface area contributed by atoms with Crippen molar-refractivity contribution in [1.29, 1.82) is 0 Å². The van der Waals surface area contributed by atoms with Crippen LogP contribution in [-0.4, -0.2) is 64.9 Å². The number of urea groups is 1. The number of thiazole rings is 1. The van der Waals surface area contributed by atoms with Gasteiger partial charge < -0.3 is 19.3 Å². The van der Waals surface area contributed by atoms with E-state index in [1.54, 1.807) is 35.6 Å². The van der Waals surface area contributed by atoms with E-state index in [4.69, 9.17) is 31.3 Å². The fourth-order valence-electron chi connectivity index (χ4n) is 4.34. The molecule has 0 saturated carbocycles. The number of benzene rings is 2. The topological polar surface area (TPSA) is 106 Å². The van der Waals surface area contributed by atoms with Crippen molar-refractivity contribution in [2.45, 2.75) is 26.0 Å². The molecule has 2 N–H and O–H groups in total. The number of rotatable bonds is 7. The molecule has 0 spiro atoms. The Hall–Kier alpha value is -3.93. The van der Waals surface area contributed by atoms with Gasteiger partial charge in [-0.05, 0) is 30.3 Å². The van der Waals surface area contributed by atoms with Gasteiger partial charge in [0.2, 0.25) is 5.88 Å². The summed E-state index contributed by atoms with van der Waals surface area (Å²) in [6.45, 7) is -5.76. The normalized spacial score (nSPS) is 18.9. The third-order valence-electron chi connectivity index (χ3n) is 6.42. The largest absolute Gasteiger partial charge is 0.492 e. The van der Waals surface area contributed by atoms with Crippen LogP contribution in [0.5, 0.6) is 5.75 Å². The van der Waals surface area contributed by atoms with E-state index in [0.29, 0.717) is 12.3 Å². The Kier molecular flexibility index (Phi) is 4.83. The van der Waals surface area contributed by atoms with Crippen LogP contribution in [0.3, 0.4) is 0 Å². The predicted octanol–water partition coefficient (Wildman–Crippen LogP) is 5.86. The average molecular weight is 570 g/mol. The first-order chi connectivity index (χ1) is 23.1. The summed E-state index contributed by atoms with van der Waals surface area (Å²) in [5.41, 5.74) is -1.29. The van der Waals surface area contributed by atoms with Crippen molar-refractivity contribution in [2.75, 3.05) is 50.1 Å². The fourth-order valence-corrected chi connectivity index (χ4v) is 5.37. The SMILES string of the molecule is [2H]C([2H])([2H])C(c1cc(NC(=O)Nc2ccc(-c3cn4c(n3)sc3cc(OCCN5CCOCC5)ccc34)cc2)on1)(C([2H])([2H])[2H])C([2H])([2H])[2H]. The average Bonchev–Trinajstić information content (AvgIpc) is 3.71. The molecule has 1 saturated heterocycles. The number of ether oxygens (including phenoxy) is 2. The predicted molar refractivity (Wildman–Crippen MR) is 157 cm³/mol. The third-order valence-corrected chi connectivity index (χ3v) is 7.43. The summed E-state index contributed by atoms with van der Waals surface area (Å²) in [5, 5.41) is 8.30. The highest BCUT2D eigenvalue weighted by atomic mass is 32.1. The highest BCUT2D eigenvalue weighted by Crippen LogP contribution is 2.32. The van der Waals surface area contributed by atoms with E-state index in [9.17, 15) is 4.79 Å². The molecule has 0 radical (unpaired) electrons. The van der Waals surface area contributed by atoms with Crippen molar-refractivity contribution in [3.05, 3.63) is 60.4 Å². The second kappa shape index (κ2) is 10.9. The van der Waals surface area contributed by atoms with Gasteiger partial charge in [0.1, 0.15) is 12.4 Å². The summed E-state index contributed by atoms with van der Waals surface area (Å²) in [4.78, 5) is 20.6. The lowest BCUT2D eigenvalue weighted by Crippen LogP contribution is -2.38. The van der Waals surface area contributed by atoms with Gasteiger partial charge in [-0.3, -0.25) is 14.6 Å². The Bertz CT molecular complexity index is 1910. The molecule has 6 rings (SSSR count). The number of anilines is 2. The van der Waals surface area contributed by atoms with Crippen molar-refractivity contribution in [3.8, 4) is 17.0 Å². The Morgan fingerprint density at radius 2 is 1.95 bits per heavy atom. The van der Waals surface area contributed by atoms with Gasteiger partial charge in [0.15, 0.2) is 4.96 Å². The first-order valence-electron chi connectivity index (χ1n) is 17.1. The van der Waals surface area contributed by atoms with E-state index in [0.717, 1.165) is 71.1 Å². The summed E-state index contributed by atoms with van der Waals surface area (Å²) >= 11 is 1.54. The maximum Gasteiger partial charge on any atom is 0.326 e. The van der Waals surface area contributed by atoms with Crippen LogP contribution in [0.25, 0.3) is 26.4 Å². The lowest BCUT2D eigenvalue weighted by molar-refractivity contribution is 0.0322. The monoisotopic (exact) mass is 569 g/mol. The smallest absolute Gasteiger partial charge is 0.326 e. The van der Waals surface area contributed by atoms with Gasteiger partial charge in [0.25, 0.3) is 0 Å². The van der Waals surface area contributed by atoms with Crippen LogP contribution in [0.1, 0.15) is 38.6 Å². The molecule has 40 heavy (non-hydrogen) atoms. The molecule has 208 valence electrons. The van der Waals surface area contributed by atoms with E-state index in [1.807, 2.05) is 28.8 Å². The summed E-state index contributed by atoms with van der Waals surface area (Å²) in [5.74, 6) is 0.361. The summed E-state index contributed by atoms with van der Waals surface area (Å²) in [6, 6.07) is 12.8. The van der Waals surface area contributed by atoms with Gasteiger partial charge in [-0.15, -0.1) is 0 Å². The molecule has 3 aromatic heterocycles. The number of nitrogens with one attached hydrogen (secondary N) is 2. The quantitative estimate of drug-likeness (QED) is 0.253. The second-order valence-corrected chi connectivity index (χ2v) is 10.3. The molecule has 0 bridgehead atoms. The van der Waals surface area contributed by atoms with Crippen molar-refractivity contribution in [3.63, 3.8) is 0 Å². The molecule has 5 aromatic rings. The lowest BCUT2D eigenvalue weighted by Gasteiger charge is -2.26. The molecule has 1 fully saturated rings. The Labute approximate surface area is 248 Å². The molecule has 10 nitrogen and oxygen atoms in total. The minimum absolute atomic E-state index is 0.385. The van der Waals surface area contributed by atoms with Gasteiger partial charge >= 0.3 is 6.03 Å². The number of carbonyl (C=O) groups excluding carboxylic acids is 1. The zero-order chi connectivity index (χ0) is 35.2. The van der Waals surface area contributed by atoms with Crippen LogP contribution >= 0.6 is 11.3 Å². The Morgan fingerprint density at radius 1 is 1.12 bits per heavy atom. The lowest BCUT2D eigenvalue weighted by atomic mass is 9.92. The number of nitrogens with zero attached hydrogens (tertiary/aromatic N) is 4. The van der Waals surface area contributed by atoms with Crippen LogP contribution in [0.15, 0.2) is 59.3 Å². The number of carbonyl (C=O) groups is 1. The minimum Gasteiger partial charge on any atom is -0.492 e. The zero-order valence-electron chi connectivity index (χ0n) is 30.3. The number of hydrogen-bond acceptors (Lipinski definition) is 8. The first-order valence-corrected chi connectivity index (χ1v) is 13.4. The van der Waals surface area contributed by atoms with Crippen molar-refractivity contribution in [1.82, 2.24) is 19.4 Å². The molecule has 1 aliphatic heterocycles. The maximum atomic E-state index is 12.7. The zero-order valence-corrected chi connectivity index (χ0v) is 22.1. The third kappa shape index (κ3) is 5.81. The number of imidazole rings is 1. The summed E-state index contributed by atoms with van der Waals surface area (Å²) in [7, 11) is 0. The van der Waals surface area contributed by atoms with Gasteiger partial charge in [0.05, 0.1) is 34.8 Å². The van der Waals surface area contributed by atoms with Crippen molar-refractivity contribution >= 4 is 44.1 Å². The number of amides is 2. The molecule has 2 amide bonds. The van der Waals surface area contributed by atoms with Crippen LogP contribution in [0.2, 0.25) is 0 Å². The molecule has 0 atom stereocenters. The Balaban J connectivity index is 1.10. The molecular weight excluding hydrogens is 528 g/mol. The van der Waals surface area contributed by atoms with Gasteiger partial charge in [-0.2, -0.15) is 0 Å². The number of hydrogen-bond donors (Lipinski definition) is 2. The van der Waals surface area contributed by atoms with Gasteiger partial charge in [-0.25, -0.2) is 9.78 Å². The number of aromatic nitrogens is 3. The van der Waals surface area contributed by atoms with E-state index in [-0.39, 0.29) is 0 Å². The fraction of sp³-hybridized carbons (Fsp3) is 0.345. The van der Waals surface area contributed by atoms with Crippen molar-refractivity contribution in [2.24, 2.45) is 0 Å². The van der Waals surface area contributed by atoms with E-state index < -0.39 is 43.6 Å². The van der Waals surface area contributed by atoms with E-state index in [2.05, 4.69) is 20.7 Å². The van der Waals surface area contributed by atoms with Crippen LogP contribution in [0.4, 0.5) is 16.4 Å². The standard InChI is InChI=1S/C29H32N6O4S/c1-29(2,3)25-17-26(39-33-25)32-27(36)30-20-6-4-19(5-7-20)22-18-35-23-9-8-21(16-24(23)40-28(35)31-22)38-15-12-34-10-13-37-14-11-34/h4-9,16-18H,10-15H2,1-3H3,(H2,30,32,36)/i1D3,2D3,3D3. The molecule has 0 aliphatic carbocycles. The van der Waals surface area contributed by atoms with E-state index >= 15 is 0 Å². The van der Waals surface area contributed by atoms with Crippen molar-refractivity contribution < 1.29 is 31.1 Å². The first kappa shape index (κ1) is 17.7. The molecule has 1 aliphatic rings. The summed E-state index contributed by atoms with van der Waals surface area (Å²) in [6.07, 6.45) is 1.93. The van der Waals surface area contributed by atoms with Crippen LogP contribution in [0, 0.1) is 0 Å². The second-order valence-electron chi connectivity index (χ2n) is 9.30.